The van der Waals surface area contributed by atoms with Crippen LogP contribution in [0, 0.1) is 8.34 Å². The second-order valence-electron chi connectivity index (χ2n) is 3.25. The first-order chi connectivity index (χ1) is 7.61. The predicted molar refractivity (Wildman–Crippen MR) is 71.9 cm³/mol. The van der Waals surface area contributed by atoms with Crippen molar-refractivity contribution in [2.75, 3.05) is 7.11 Å². The average Bonchev–Trinajstić information content (AvgIpc) is 2.54. The molecular weight excluding hydrogens is 339 g/mol. The zero-order chi connectivity index (χ0) is 11.7. The lowest BCUT2D eigenvalue weighted by atomic mass is 10.3. The van der Waals surface area contributed by atoms with Gasteiger partial charge in [0.05, 0.1) is 18.1 Å². The van der Waals surface area contributed by atoms with Gasteiger partial charge in [-0.05, 0) is 53.0 Å². The van der Waals surface area contributed by atoms with Gasteiger partial charge in [-0.3, -0.25) is 4.79 Å². The van der Waals surface area contributed by atoms with Crippen LogP contribution in [0.25, 0.3) is 11.0 Å². The molecule has 0 radical (unpaired) electrons. The van der Waals surface area contributed by atoms with E-state index in [0.29, 0.717) is 4.77 Å². The van der Waals surface area contributed by atoms with Gasteiger partial charge in [0.25, 0.3) is 0 Å². The number of ether oxygens (including phenoxy) is 1. The van der Waals surface area contributed by atoms with E-state index in [9.17, 15) is 4.79 Å². The van der Waals surface area contributed by atoms with Crippen molar-refractivity contribution in [1.29, 1.82) is 0 Å². The minimum atomic E-state index is -0.310. The number of hydrogen-bond donors (Lipinski definition) is 1. The van der Waals surface area contributed by atoms with Crippen LogP contribution < -0.4 is 0 Å². The minimum Gasteiger partial charge on any atom is -0.468 e. The summed E-state index contributed by atoms with van der Waals surface area (Å²) in [5.74, 6) is -0.310. The Bertz CT molecular complexity index is 602. The molecule has 1 aromatic heterocycles. The fourth-order valence-corrected chi connectivity index (χ4v) is 2.25. The van der Waals surface area contributed by atoms with Crippen molar-refractivity contribution >= 4 is 51.8 Å². The number of fused-ring (bicyclic) bond motifs is 1. The van der Waals surface area contributed by atoms with E-state index in [0.717, 1.165) is 14.6 Å². The monoisotopic (exact) mass is 348 g/mol. The Labute approximate surface area is 111 Å². The molecule has 0 unspecified atom stereocenters. The lowest BCUT2D eigenvalue weighted by Gasteiger charge is -2.02. The van der Waals surface area contributed by atoms with Gasteiger partial charge in [0.1, 0.15) is 6.54 Å². The third-order valence-corrected chi connectivity index (χ3v) is 3.24. The molecule has 0 saturated heterocycles. The maximum absolute atomic E-state index is 11.2. The van der Waals surface area contributed by atoms with E-state index in [1.165, 1.54) is 7.11 Å². The average molecular weight is 348 g/mol. The molecule has 0 fully saturated rings. The number of carbonyl (C=O) groups excluding carboxylic acids is 1. The van der Waals surface area contributed by atoms with Gasteiger partial charge in [0.15, 0.2) is 4.77 Å². The molecule has 0 bridgehead atoms. The molecule has 16 heavy (non-hydrogen) atoms. The van der Waals surface area contributed by atoms with Crippen LogP contribution in [0.5, 0.6) is 0 Å². The van der Waals surface area contributed by atoms with E-state index in [-0.39, 0.29) is 12.5 Å². The van der Waals surface area contributed by atoms with Crippen LogP contribution >= 0.6 is 34.8 Å². The molecule has 84 valence electrons. The molecule has 0 aliphatic carbocycles. The Morgan fingerprint density at radius 2 is 2.38 bits per heavy atom. The normalized spacial score (nSPS) is 10.6. The van der Waals surface area contributed by atoms with Crippen molar-refractivity contribution in [3.05, 3.63) is 26.5 Å². The summed E-state index contributed by atoms with van der Waals surface area (Å²) in [6, 6.07) is 5.89. The third-order valence-electron chi connectivity index (χ3n) is 2.25. The fourth-order valence-electron chi connectivity index (χ4n) is 1.49. The lowest BCUT2D eigenvalue weighted by Crippen LogP contribution is -2.11. The highest BCUT2D eigenvalue weighted by Gasteiger charge is 2.08. The molecule has 0 atom stereocenters. The SMILES string of the molecule is COC(=O)Cn1c(=S)[nH]c2cc(I)ccc21. The van der Waals surface area contributed by atoms with Crippen LogP contribution in [0.3, 0.4) is 0 Å². The van der Waals surface area contributed by atoms with Gasteiger partial charge in [0, 0.05) is 3.57 Å². The predicted octanol–water partition coefficient (Wildman–Crippen LogP) is 2.48. The summed E-state index contributed by atoms with van der Waals surface area (Å²) < 4.78 is 8.01. The van der Waals surface area contributed by atoms with Crippen LogP contribution in [-0.2, 0) is 16.1 Å². The first-order valence-corrected chi connectivity index (χ1v) is 6.05. The quantitative estimate of drug-likeness (QED) is 0.515. The van der Waals surface area contributed by atoms with Crippen molar-refractivity contribution < 1.29 is 9.53 Å². The van der Waals surface area contributed by atoms with Gasteiger partial charge in [-0.2, -0.15) is 0 Å². The van der Waals surface area contributed by atoms with Gasteiger partial charge in [-0.1, -0.05) is 0 Å². The van der Waals surface area contributed by atoms with Crippen molar-refractivity contribution in [2.24, 2.45) is 0 Å². The van der Waals surface area contributed by atoms with E-state index in [1.54, 1.807) is 4.57 Å². The Morgan fingerprint density at radius 3 is 3.06 bits per heavy atom. The summed E-state index contributed by atoms with van der Waals surface area (Å²) in [5.41, 5.74) is 1.84. The summed E-state index contributed by atoms with van der Waals surface area (Å²) in [4.78, 5) is 14.3. The Morgan fingerprint density at radius 1 is 1.62 bits per heavy atom. The Kier molecular flexibility index (Phi) is 3.29. The number of benzene rings is 1. The highest BCUT2D eigenvalue weighted by Crippen LogP contribution is 2.17. The van der Waals surface area contributed by atoms with Crippen molar-refractivity contribution in [3.63, 3.8) is 0 Å². The molecule has 1 N–H and O–H groups in total. The van der Waals surface area contributed by atoms with Crippen LogP contribution in [0.2, 0.25) is 0 Å². The number of imidazole rings is 1. The Hall–Kier alpha value is -0.890. The zero-order valence-electron chi connectivity index (χ0n) is 8.49. The third kappa shape index (κ3) is 2.12. The first-order valence-electron chi connectivity index (χ1n) is 4.56. The summed E-state index contributed by atoms with van der Waals surface area (Å²) in [6.45, 7) is 0.135. The van der Waals surface area contributed by atoms with E-state index in [4.69, 9.17) is 12.2 Å². The number of aromatic amines is 1. The highest BCUT2D eigenvalue weighted by atomic mass is 127. The second kappa shape index (κ2) is 4.54. The van der Waals surface area contributed by atoms with Crippen LogP contribution in [-0.4, -0.2) is 22.6 Å². The molecule has 1 aromatic carbocycles. The number of nitrogens with one attached hydrogen (secondary N) is 1. The van der Waals surface area contributed by atoms with Crippen molar-refractivity contribution in [1.82, 2.24) is 9.55 Å². The van der Waals surface area contributed by atoms with E-state index >= 15 is 0 Å². The van der Waals surface area contributed by atoms with Gasteiger partial charge >= 0.3 is 5.97 Å². The minimum absolute atomic E-state index is 0.135. The van der Waals surface area contributed by atoms with E-state index in [2.05, 4.69) is 32.3 Å². The number of carbonyl (C=O) groups is 1. The molecule has 2 rings (SSSR count). The molecule has 6 heteroatoms. The molecule has 1 heterocycles. The maximum Gasteiger partial charge on any atom is 0.325 e. The summed E-state index contributed by atoms with van der Waals surface area (Å²) in [7, 11) is 1.36. The largest absolute Gasteiger partial charge is 0.468 e. The van der Waals surface area contributed by atoms with Crippen LogP contribution in [0.15, 0.2) is 18.2 Å². The Balaban J connectivity index is 2.56. The van der Waals surface area contributed by atoms with Crippen LogP contribution in [0.4, 0.5) is 0 Å². The number of halogens is 1. The van der Waals surface area contributed by atoms with Gasteiger partial charge in [-0.25, -0.2) is 0 Å². The second-order valence-corrected chi connectivity index (χ2v) is 4.89. The molecule has 0 aliphatic heterocycles. The van der Waals surface area contributed by atoms with E-state index < -0.39 is 0 Å². The number of esters is 1. The molecule has 2 aromatic rings. The standard InChI is InChI=1S/C10H9IN2O2S/c1-15-9(14)5-13-8-3-2-6(11)4-7(8)12-10(13)16/h2-4H,5H2,1H3,(H,12,16). The first kappa shape index (κ1) is 11.6. The molecule has 4 nitrogen and oxygen atoms in total. The fraction of sp³-hybridized carbons (Fsp3) is 0.200. The maximum atomic E-state index is 11.2. The van der Waals surface area contributed by atoms with Gasteiger partial charge in [0.2, 0.25) is 0 Å². The van der Waals surface area contributed by atoms with Gasteiger partial charge < -0.3 is 14.3 Å². The molecule has 0 amide bonds. The molecular formula is C10H9IN2O2S. The topological polar surface area (TPSA) is 47.0 Å². The number of methoxy groups -OCH3 is 1. The molecule has 0 aliphatic rings. The number of H-pyrrole nitrogens is 1. The van der Waals surface area contributed by atoms with Crippen molar-refractivity contribution in [3.8, 4) is 0 Å². The number of rotatable bonds is 2. The number of hydrogen-bond acceptors (Lipinski definition) is 3. The van der Waals surface area contributed by atoms with Gasteiger partial charge in [-0.15, -0.1) is 0 Å². The summed E-state index contributed by atoms with van der Waals surface area (Å²) >= 11 is 7.39. The summed E-state index contributed by atoms with van der Waals surface area (Å²) in [5, 5.41) is 0. The lowest BCUT2D eigenvalue weighted by molar-refractivity contribution is -0.141. The number of aromatic nitrogens is 2. The van der Waals surface area contributed by atoms with E-state index in [1.807, 2.05) is 18.2 Å². The summed E-state index contributed by atoms with van der Waals surface area (Å²) in [6.07, 6.45) is 0. The van der Waals surface area contributed by atoms with Crippen molar-refractivity contribution in [2.45, 2.75) is 6.54 Å². The smallest absolute Gasteiger partial charge is 0.325 e. The molecule has 0 spiro atoms. The van der Waals surface area contributed by atoms with Crippen LogP contribution in [0.1, 0.15) is 0 Å². The zero-order valence-corrected chi connectivity index (χ0v) is 11.5. The highest BCUT2D eigenvalue weighted by molar-refractivity contribution is 14.1. The molecule has 0 saturated carbocycles. The number of nitrogens with zero attached hydrogens (tertiary/aromatic N) is 1.